The van der Waals surface area contributed by atoms with E-state index in [1.54, 1.807) is 23.1 Å². The second kappa shape index (κ2) is 11.6. The van der Waals surface area contributed by atoms with Gasteiger partial charge in [0.25, 0.3) is 0 Å². The lowest BCUT2D eigenvalue weighted by atomic mass is 10.0. The van der Waals surface area contributed by atoms with E-state index >= 15 is 0 Å². The Hall–Kier alpha value is -2.77. The average Bonchev–Trinajstić information content (AvgIpc) is 2.87. The van der Waals surface area contributed by atoms with E-state index in [2.05, 4.69) is 34.5 Å². The van der Waals surface area contributed by atoms with Crippen LogP contribution in [0.1, 0.15) is 38.5 Å². The number of benzene rings is 2. The van der Waals surface area contributed by atoms with E-state index in [9.17, 15) is 9.59 Å². The minimum atomic E-state index is -0.530. The topological polar surface area (TPSA) is 82.1 Å². The fourth-order valence-corrected chi connectivity index (χ4v) is 4.92. The number of aliphatic hydroxyl groups excluding tert-OH is 1. The number of ether oxygens (including phenoxy) is 1. The molecule has 182 valence electrons. The molecule has 2 aliphatic rings. The van der Waals surface area contributed by atoms with Crippen molar-refractivity contribution in [2.75, 3.05) is 36.5 Å². The van der Waals surface area contributed by atoms with E-state index < -0.39 is 6.04 Å². The fourth-order valence-electron chi connectivity index (χ4n) is 4.69. The molecule has 2 saturated heterocycles. The van der Waals surface area contributed by atoms with E-state index in [-0.39, 0.29) is 30.9 Å². The first-order valence-electron chi connectivity index (χ1n) is 12.0. The number of halogens is 1. The molecule has 2 aliphatic heterocycles. The van der Waals surface area contributed by atoms with Gasteiger partial charge in [0, 0.05) is 50.3 Å². The van der Waals surface area contributed by atoms with Crippen molar-refractivity contribution in [1.29, 1.82) is 0 Å². The minimum absolute atomic E-state index is 0.0337. The number of likely N-dealkylation sites (tertiary alicyclic amines) is 1. The van der Waals surface area contributed by atoms with Crippen molar-refractivity contribution >= 4 is 34.8 Å². The van der Waals surface area contributed by atoms with Crippen LogP contribution in [0.2, 0.25) is 5.02 Å². The summed E-state index contributed by atoms with van der Waals surface area (Å²) in [5.74, 6) is 0.182. The molecule has 0 radical (unpaired) electrons. The van der Waals surface area contributed by atoms with Crippen molar-refractivity contribution in [2.24, 2.45) is 0 Å². The molecule has 2 aromatic carbocycles. The zero-order chi connectivity index (χ0) is 23.9. The number of nitrogens with zero attached hydrogens (tertiary/aromatic N) is 2. The smallest absolute Gasteiger partial charge is 0.247 e. The summed E-state index contributed by atoms with van der Waals surface area (Å²) in [7, 11) is 0. The van der Waals surface area contributed by atoms with E-state index in [1.807, 2.05) is 6.07 Å². The Morgan fingerprint density at radius 2 is 1.79 bits per heavy atom. The Bertz CT molecular complexity index is 979. The van der Waals surface area contributed by atoms with Gasteiger partial charge in [-0.1, -0.05) is 29.8 Å². The highest BCUT2D eigenvalue weighted by Crippen LogP contribution is 2.31. The quantitative estimate of drug-likeness (QED) is 0.617. The number of carbonyl (C=O) groups excluding carboxylic acids is 2. The highest BCUT2D eigenvalue weighted by Gasteiger charge is 2.32. The summed E-state index contributed by atoms with van der Waals surface area (Å²) in [5.41, 5.74) is 1.80. The Labute approximate surface area is 205 Å². The molecule has 2 heterocycles. The molecule has 2 amide bonds. The first kappa shape index (κ1) is 24.4. The van der Waals surface area contributed by atoms with Crippen LogP contribution in [-0.4, -0.2) is 60.2 Å². The minimum Gasteiger partial charge on any atom is -0.489 e. The molecule has 8 heteroatoms. The molecule has 0 aliphatic carbocycles. The maximum absolute atomic E-state index is 12.9. The Kier molecular flexibility index (Phi) is 8.29. The lowest BCUT2D eigenvalue weighted by Gasteiger charge is -2.34. The number of carbonyl (C=O) groups is 2. The molecule has 2 fully saturated rings. The molecule has 34 heavy (non-hydrogen) atoms. The normalized spacial score (nSPS) is 19.1. The van der Waals surface area contributed by atoms with Gasteiger partial charge in [0.15, 0.2) is 0 Å². The van der Waals surface area contributed by atoms with E-state index in [1.165, 1.54) is 5.69 Å². The number of amides is 2. The molecular weight excluding hydrogens is 454 g/mol. The van der Waals surface area contributed by atoms with Gasteiger partial charge in [-0.15, -0.1) is 0 Å². The second-order valence-corrected chi connectivity index (χ2v) is 9.25. The zero-order valence-corrected chi connectivity index (χ0v) is 20.0. The molecule has 0 bridgehead atoms. The van der Waals surface area contributed by atoms with Crippen LogP contribution < -0.4 is 15.0 Å². The van der Waals surface area contributed by atoms with Gasteiger partial charge in [0.1, 0.15) is 17.9 Å². The Morgan fingerprint density at radius 1 is 1.03 bits per heavy atom. The Balaban J connectivity index is 1.32. The van der Waals surface area contributed by atoms with Crippen molar-refractivity contribution in [2.45, 2.75) is 50.7 Å². The standard InChI is InChI=1S/C26H32ClN3O4/c27-22-18-19(28-26(33)23-8-4-5-14-30(23)25(32)13-17-31)9-10-24(22)34-21-11-15-29(16-12-21)20-6-2-1-3-7-20/h1-3,6-7,9-10,18,21,23,31H,4-5,8,11-17H2,(H,28,33). The predicted molar refractivity (Wildman–Crippen MR) is 133 cm³/mol. The van der Waals surface area contributed by atoms with Crippen LogP contribution in [0.4, 0.5) is 11.4 Å². The summed E-state index contributed by atoms with van der Waals surface area (Å²) < 4.78 is 6.17. The van der Waals surface area contributed by atoms with Gasteiger partial charge in [-0.3, -0.25) is 9.59 Å². The monoisotopic (exact) mass is 485 g/mol. The van der Waals surface area contributed by atoms with Gasteiger partial charge >= 0.3 is 0 Å². The highest BCUT2D eigenvalue weighted by atomic mass is 35.5. The molecule has 4 rings (SSSR count). The predicted octanol–water partition coefficient (Wildman–Crippen LogP) is 4.09. The zero-order valence-electron chi connectivity index (χ0n) is 19.3. The number of hydrogen-bond acceptors (Lipinski definition) is 5. The number of aliphatic hydroxyl groups is 1. The third kappa shape index (κ3) is 6.02. The van der Waals surface area contributed by atoms with E-state index in [0.717, 1.165) is 38.8 Å². The molecule has 0 aromatic heterocycles. The van der Waals surface area contributed by atoms with Crippen LogP contribution >= 0.6 is 11.6 Å². The summed E-state index contributed by atoms with van der Waals surface area (Å²) in [5, 5.41) is 12.4. The van der Waals surface area contributed by atoms with Gasteiger partial charge in [-0.25, -0.2) is 0 Å². The van der Waals surface area contributed by atoms with Crippen molar-refractivity contribution in [3.8, 4) is 5.75 Å². The summed E-state index contributed by atoms with van der Waals surface area (Å²) in [6.07, 6.45) is 4.30. The first-order valence-corrected chi connectivity index (χ1v) is 12.4. The van der Waals surface area contributed by atoms with Gasteiger partial charge in [-0.05, 0) is 49.6 Å². The number of nitrogens with one attached hydrogen (secondary N) is 1. The number of rotatable bonds is 7. The average molecular weight is 486 g/mol. The summed E-state index contributed by atoms with van der Waals surface area (Å²) >= 11 is 6.48. The van der Waals surface area contributed by atoms with Gasteiger partial charge in [-0.2, -0.15) is 0 Å². The summed E-state index contributed by atoms with van der Waals surface area (Å²) in [6, 6.07) is 15.1. The number of piperidine rings is 2. The lowest BCUT2D eigenvalue weighted by Crippen LogP contribution is -2.50. The van der Waals surface area contributed by atoms with Crippen LogP contribution in [0, 0.1) is 0 Å². The number of anilines is 2. The van der Waals surface area contributed by atoms with Crippen molar-refractivity contribution in [1.82, 2.24) is 4.90 Å². The van der Waals surface area contributed by atoms with Gasteiger partial charge in [0.2, 0.25) is 11.8 Å². The van der Waals surface area contributed by atoms with E-state index in [4.69, 9.17) is 21.4 Å². The molecule has 7 nitrogen and oxygen atoms in total. The van der Waals surface area contributed by atoms with Gasteiger partial charge < -0.3 is 25.0 Å². The molecule has 2 N–H and O–H groups in total. The van der Waals surface area contributed by atoms with Crippen LogP contribution in [-0.2, 0) is 9.59 Å². The Morgan fingerprint density at radius 3 is 2.50 bits per heavy atom. The maximum Gasteiger partial charge on any atom is 0.247 e. The SMILES string of the molecule is O=C(Nc1ccc(OC2CCN(c3ccccc3)CC2)c(Cl)c1)C1CCCCN1C(=O)CCO. The summed E-state index contributed by atoms with van der Waals surface area (Å²) in [4.78, 5) is 29.1. The van der Waals surface area contributed by atoms with Crippen LogP contribution in [0.25, 0.3) is 0 Å². The van der Waals surface area contributed by atoms with Crippen LogP contribution in [0.5, 0.6) is 5.75 Å². The second-order valence-electron chi connectivity index (χ2n) is 8.85. The molecular formula is C26H32ClN3O4. The van der Waals surface area contributed by atoms with Gasteiger partial charge in [0.05, 0.1) is 11.6 Å². The molecule has 0 saturated carbocycles. The van der Waals surface area contributed by atoms with E-state index in [0.29, 0.717) is 29.4 Å². The molecule has 2 aromatic rings. The number of hydrogen-bond donors (Lipinski definition) is 2. The van der Waals surface area contributed by atoms with Crippen molar-refractivity contribution in [3.63, 3.8) is 0 Å². The number of para-hydroxylation sites is 1. The highest BCUT2D eigenvalue weighted by molar-refractivity contribution is 6.32. The van der Waals surface area contributed by atoms with Crippen LogP contribution in [0.15, 0.2) is 48.5 Å². The summed E-state index contributed by atoms with van der Waals surface area (Å²) in [6.45, 7) is 2.17. The van der Waals surface area contributed by atoms with Crippen LogP contribution in [0.3, 0.4) is 0 Å². The molecule has 1 unspecified atom stereocenters. The third-order valence-electron chi connectivity index (χ3n) is 6.51. The lowest BCUT2D eigenvalue weighted by molar-refractivity contribution is -0.140. The fraction of sp³-hybridized carbons (Fsp3) is 0.462. The van der Waals surface area contributed by atoms with Crippen molar-refractivity contribution in [3.05, 3.63) is 53.6 Å². The maximum atomic E-state index is 12.9. The first-order chi connectivity index (χ1) is 16.5. The third-order valence-corrected chi connectivity index (χ3v) is 6.80. The largest absolute Gasteiger partial charge is 0.489 e. The van der Waals surface area contributed by atoms with Crippen molar-refractivity contribution < 1.29 is 19.4 Å². The molecule has 1 atom stereocenters. The molecule has 0 spiro atoms.